The zero-order valence-corrected chi connectivity index (χ0v) is 19.9. The summed E-state index contributed by atoms with van der Waals surface area (Å²) in [6.07, 6.45) is 2.99. The first kappa shape index (κ1) is 25.8. The van der Waals surface area contributed by atoms with Crippen LogP contribution in [0.2, 0.25) is 0 Å². The van der Waals surface area contributed by atoms with Crippen LogP contribution in [0, 0.1) is 12.8 Å². The van der Waals surface area contributed by atoms with Crippen molar-refractivity contribution in [3.05, 3.63) is 58.7 Å². The number of piperidine rings is 1. The van der Waals surface area contributed by atoms with Crippen LogP contribution in [0.25, 0.3) is 0 Å². The molecule has 172 valence electrons. The maximum Gasteiger partial charge on any atom is 0.122 e. The number of rotatable bonds is 5. The Morgan fingerprint density at radius 1 is 1.16 bits per heavy atom. The van der Waals surface area contributed by atoms with E-state index in [9.17, 15) is 5.11 Å². The van der Waals surface area contributed by atoms with Crippen LogP contribution in [0.5, 0.6) is 11.5 Å². The Kier molecular flexibility index (Phi) is 9.46. The minimum atomic E-state index is -0.120. The largest absolute Gasteiger partial charge is 0.507 e. The van der Waals surface area contributed by atoms with Gasteiger partial charge in [0.05, 0.1) is 19.3 Å². The molecule has 0 bridgehead atoms. The molecule has 7 heteroatoms. The summed E-state index contributed by atoms with van der Waals surface area (Å²) in [5.41, 5.74) is 10.3. The van der Waals surface area contributed by atoms with Crippen molar-refractivity contribution in [1.82, 2.24) is 4.90 Å². The van der Waals surface area contributed by atoms with E-state index in [1.165, 1.54) is 5.56 Å². The van der Waals surface area contributed by atoms with Gasteiger partial charge < -0.3 is 20.3 Å². The molecule has 0 unspecified atom stereocenters. The predicted octanol–water partition coefficient (Wildman–Crippen LogP) is 4.41. The van der Waals surface area contributed by atoms with Gasteiger partial charge in [0.25, 0.3) is 0 Å². The molecule has 0 saturated carbocycles. The average molecular weight is 469 g/mol. The van der Waals surface area contributed by atoms with Crippen LogP contribution in [0.4, 0.5) is 0 Å². The van der Waals surface area contributed by atoms with Gasteiger partial charge in [-0.3, -0.25) is 4.90 Å². The van der Waals surface area contributed by atoms with E-state index in [1.807, 2.05) is 19.1 Å². The monoisotopic (exact) mass is 468 g/mol. The van der Waals surface area contributed by atoms with E-state index in [-0.39, 0.29) is 37.0 Å². The third-order valence-corrected chi connectivity index (χ3v) is 6.52. The van der Waals surface area contributed by atoms with Gasteiger partial charge in [0.15, 0.2) is 0 Å². The van der Waals surface area contributed by atoms with Crippen LogP contribution < -0.4 is 10.5 Å². The third kappa shape index (κ3) is 5.65. The molecular weight excluding hydrogens is 435 g/mol. The molecule has 2 aromatic rings. The normalized spacial score (nSPS) is 21.5. The molecule has 2 aromatic carbocycles. The maximum atomic E-state index is 10.6. The second kappa shape index (κ2) is 11.4. The first-order valence-electron chi connectivity index (χ1n) is 10.6. The number of benzene rings is 2. The number of hydrogen-bond donors (Lipinski definition) is 2. The Morgan fingerprint density at radius 2 is 1.90 bits per heavy atom. The summed E-state index contributed by atoms with van der Waals surface area (Å²) in [7, 11) is 1.71. The van der Waals surface area contributed by atoms with Gasteiger partial charge in [-0.15, -0.1) is 24.8 Å². The first-order valence-corrected chi connectivity index (χ1v) is 10.6. The fourth-order valence-electron chi connectivity index (χ4n) is 4.79. The number of halogens is 2. The van der Waals surface area contributed by atoms with Gasteiger partial charge >= 0.3 is 0 Å². The van der Waals surface area contributed by atoms with E-state index in [1.54, 1.807) is 7.11 Å². The molecule has 2 aliphatic heterocycles. The zero-order valence-electron chi connectivity index (χ0n) is 18.3. The molecule has 0 aliphatic carbocycles. The molecular formula is C24H34Cl2N2O3. The molecule has 0 spiro atoms. The molecule has 0 amide bonds. The highest BCUT2D eigenvalue weighted by atomic mass is 35.5. The average Bonchev–Trinajstić information content (AvgIpc) is 2.76. The number of nitrogens with two attached hydrogens (primary N) is 1. The van der Waals surface area contributed by atoms with Crippen molar-refractivity contribution in [2.75, 3.05) is 26.7 Å². The van der Waals surface area contributed by atoms with E-state index in [0.29, 0.717) is 18.2 Å². The van der Waals surface area contributed by atoms with Crippen LogP contribution in [-0.2, 0) is 17.7 Å². The summed E-state index contributed by atoms with van der Waals surface area (Å²) in [6, 6.07) is 12.3. The van der Waals surface area contributed by atoms with Crippen molar-refractivity contribution in [2.45, 2.75) is 44.9 Å². The topological polar surface area (TPSA) is 68.0 Å². The fourth-order valence-corrected chi connectivity index (χ4v) is 4.79. The summed E-state index contributed by atoms with van der Waals surface area (Å²) in [4.78, 5) is 2.50. The lowest BCUT2D eigenvalue weighted by Crippen LogP contribution is -2.41. The van der Waals surface area contributed by atoms with Gasteiger partial charge in [-0.1, -0.05) is 24.3 Å². The van der Waals surface area contributed by atoms with Crippen LogP contribution in [0.1, 0.15) is 41.2 Å². The quantitative estimate of drug-likeness (QED) is 0.679. The smallest absolute Gasteiger partial charge is 0.122 e. The highest BCUT2D eigenvalue weighted by molar-refractivity contribution is 5.85. The minimum Gasteiger partial charge on any atom is -0.507 e. The zero-order chi connectivity index (χ0) is 20.4. The van der Waals surface area contributed by atoms with Gasteiger partial charge in [0.1, 0.15) is 11.5 Å². The lowest BCUT2D eigenvalue weighted by Gasteiger charge is -2.40. The highest BCUT2D eigenvalue weighted by Crippen LogP contribution is 2.40. The van der Waals surface area contributed by atoms with E-state index >= 15 is 0 Å². The van der Waals surface area contributed by atoms with E-state index in [4.69, 9.17) is 15.2 Å². The number of ether oxygens (including phenoxy) is 2. The van der Waals surface area contributed by atoms with Crippen LogP contribution >= 0.6 is 24.8 Å². The Morgan fingerprint density at radius 3 is 2.58 bits per heavy atom. The molecule has 2 aliphatic rings. The molecule has 4 rings (SSSR count). The number of phenols is 1. The van der Waals surface area contributed by atoms with Gasteiger partial charge in [0.2, 0.25) is 0 Å². The lowest BCUT2D eigenvalue weighted by molar-refractivity contribution is -0.0651. The summed E-state index contributed by atoms with van der Waals surface area (Å²) < 4.78 is 11.8. The predicted molar refractivity (Wildman–Crippen MR) is 129 cm³/mol. The Balaban J connectivity index is 0.00000171. The van der Waals surface area contributed by atoms with E-state index in [2.05, 4.69) is 29.2 Å². The van der Waals surface area contributed by atoms with Crippen LogP contribution in [0.15, 0.2) is 36.4 Å². The van der Waals surface area contributed by atoms with E-state index < -0.39 is 0 Å². The number of phenolic OH excluding ortho intramolecular Hbond substituents is 1. The number of aryl methyl sites for hydroxylation is 1. The van der Waals surface area contributed by atoms with Crippen molar-refractivity contribution in [3.63, 3.8) is 0 Å². The second-order valence-electron chi connectivity index (χ2n) is 8.37. The summed E-state index contributed by atoms with van der Waals surface area (Å²) >= 11 is 0. The molecule has 0 radical (unpaired) electrons. The number of methoxy groups -OCH3 is 1. The van der Waals surface area contributed by atoms with Crippen molar-refractivity contribution >= 4 is 24.8 Å². The molecule has 2 atom stereocenters. The Hall–Kier alpha value is -1.50. The van der Waals surface area contributed by atoms with Gasteiger partial charge in [0, 0.05) is 25.1 Å². The fraction of sp³-hybridized carbons (Fsp3) is 0.500. The maximum absolute atomic E-state index is 10.6. The second-order valence-corrected chi connectivity index (χ2v) is 8.37. The lowest BCUT2D eigenvalue weighted by atomic mass is 9.83. The summed E-state index contributed by atoms with van der Waals surface area (Å²) in [5, 5.41) is 10.6. The molecule has 2 heterocycles. The molecule has 1 saturated heterocycles. The SMILES string of the molecule is COc1cccc(CN2CCC([C@@H]3Cc4c(ccc(C)c4O)[C@H](CN)O3)CC2)c1.Cl.Cl. The molecule has 0 aromatic heterocycles. The standard InChI is InChI=1S/C24H32N2O3.2ClH/c1-16-6-7-20-21(24(16)27)13-22(29-23(20)14-25)18-8-10-26(11-9-18)15-17-4-3-5-19(12-17)28-2;;/h3-7,12,18,22-23,27H,8-11,13-15,25H2,1-2H3;2*1H/t22-,23-;;/m0../s1. The molecule has 31 heavy (non-hydrogen) atoms. The minimum absolute atomic E-state index is 0. The van der Waals surface area contributed by atoms with Crippen molar-refractivity contribution in [3.8, 4) is 11.5 Å². The summed E-state index contributed by atoms with van der Waals surface area (Å²) in [5.74, 6) is 1.83. The number of aromatic hydroxyl groups is 1. The van der Waals surface area contributed by atoms with Gasteiger partial charge in [-0.2, -0.15) is 0 Å². The van der Waals surface area contributed by atoms with Gasteiger partial charge in [-0.25, -0.2) is 0 Å². The Labute approximate surface area is 197 Å². The number of hydrogen-bond acceptors (Lipinski definition) is 5. The first-order chi connectivity index (χ1) is 14.1. The van der Waals surface area contributed by atoms with Crippen LogP contribution in [0.3, 0.4) is 0 Å². The highest BCUT2D eigenvalue weighted by Gasteiger charge is 2.35. The van der Waals surface area contributed by atoms with Crippen LogP contribution in [-0.4, -0.2) is 42.9 Å². The van der Waals surface area contributed by atoms with E-state index in [0.717, 1.165) is 61.3 Å². The summed E-state index contributed by atoms with van der Waals surface area (Å²) in [6.45, 7) is 5.46. The van der Waals surface area contributed by atoms with Gasteiger partial charge in [-0.05, 0) is 67.6 Å². The van der Waals surface area contributed by atoms with Crippen molar-refractivity contribution in [1.29, 1.82) is 0 Å². The Bertz CT molecular complexity index is 857. The van der Waals surface area contributed by atoms with Crippen molar-refractivity contribution in [2.24, 2.45) is 11.7 Å². The number of nitrogens with zero attached hydrogens (tertiary/aromatic N) is 1. The molecule has 5 nitrogen and oxygen atoms in total. The number of likely N-dealkylation sites (tertiary alicyclic amines) is 1. The molecule has 1 fully saturated rings. The third-order valence-electron chi connectivity index (χ3n) is 6.52. The molecule has 3 N–H and O–H groups in total. The van der Waals surface area contributed by atoms with Crippen molar-refractivity contribution < 1.29 is 14.6 Å². The number of fused-ring (bicyclic) bond motifs is 1.